The van der Waals surface area contributed by atoms with Gasteiger partial charge < -0.3 is 4.90 Å². The molecule has 0 bridgehead atoms. The van der Waals surface area contributed by atoms with Gasteiger partial charge in [-0.2, -0.15) is 0 Å². The van der Waals surface area contributed by atoms with E-state index in [1.165, 1.54) is 5.84 Å². The number of rotatable bonds is 0. The van der Waals surface area contributed by atoms with E-state index in [0.29, 0.717) is 6.04 Å². The van der Waals surface area contributed by atoms with Crippen LogP contribution in [0.4, 0.5) is 0 Å². The molecule has 0 fully saturated rings. The van der Waals surface area contributed by atoms with Crippen molar-refractivity contribution < 1.29 is 0 Å². The summed E-state index contributed by atoms with van der Waals surface area (Å²) in [5, 5.41) is 0. The number of fused-ring (bicyclic) bond motifs is 1. The highest BCUT2D eigenvalue weighted by Crippen LogP contribution is 2.30. The predicted molar refractivity (Wildman–Crippen MR) is 51.4 cm³/mol. The van der Waals surface area contributed by atoms with Crippen LogP contribution < -0.4 is 0 Å². The Morgan fingerprint density at radius 1 is 1.58 bits per heavy atom. The lowest BCUT2D eigenvalue weighted by atomic mass is 9.95. The van der Waals surface area contributed by atoms with Crippen molar-refractivity contribution in [3.8, 4) is 0 Å². The van der Waals surface area contributed by atoms with E-state index in [-0.39, 0.29) is 5.54 Å². The van der Waals surface area contributed by atoms with E-state index in [2.05, 4.69) is 42.8 Å². The van der Waals surface area contributed by atoms with E-state index < -0.39 is 0 Å². The van der Waals surface area contributed by atoms with Gasteiger partial charge in [-0.3, -0.25) is 4.99 Å². The first-order valence-corrected chi connectivity index (χ1v) is 4.64. The second kappa shape index (κ2) is 2.35. The molecule has 2 nitrogen and oxygen atoms in total. The number of hydrogen-bond donors (Lipinski definition) is 0. The molecule has 0 aliphatic carbocycles. The maximum atomic E-state index is 4.62. The Morgan fingerprint density at radius 2 is 2.33 bits per heavy atom. The first-order valence-electron chi connectivity index (χ1n) is 4.64. The second-order valence-corrected chi connectivity index (χ2v) is 4.16. The van der Waals surface area contributed by atoms with Gasteiger partial charge in [0.15, 0.2) is 0 Å². The molecule has 0 amide bonds. The van der Waals surface area contributed by atoms with Crippen molar-refractivity contribution in [2.75, 3.05) is 6.54 Å². The molecule has 2 aliphatic rings. The Bertz CT molecular complexity index is 251. The summed E-state index contributed by atoms with van der Waals surface area (Å²) < 4.78 is 0. The summed E-state index contributed by atoms with van der Waals surface area (Å²) in [5.74, 6) is 1.18. The Morgan fingerprint density at radius 3 is 3.00 bits per heavy atom. The van der Waals surface area contributed by atoms with Crippen molar-refractivity contribution in [1.82, 2.24) is 4.90 Å². The van der Waals surface area contributed by atoms with E-state index in [9.17, 15) is 0 Å². The maximum absolute atomic E-state index is 4.62. The van der Waals surface area contributed by atoms with Crippen molar-refractivity contribution in [1.29, 1.82) is 0 Å². The molecule has 0 radical (unpaired) electrons. The number of aliphatic imine (C=N–C) groups is 1. The van der Waals surface area contributed by atoms with Crippen LogP contribution in [0.3, 0.4) is 0 Å². The first kappa shape index (κ1) is 7.84. The summed E-state index contributed by atoms with van der Waals surface area (Å²) in [7, 11) is 0. The van der Waals surface area contributed by atoms with Crippen molar-refractivity contribution in [2.24, 2.45) is 4.99 Å². The molecule has 2 heterocycles. The molecule has 66 valence electrons. The molecule has 2 aliphatic heterocycles. The third-order valence-corrected chi connectivity index (χ3v) is 3.11. The summed E-state index contributed by atoms with van der Waals surface area (Å²) in [6.07, 6.45) is 5.52. The smallest absolute Gasteiger partial charge is 0.124 e. The summed E-state index contributed by atoms with van der Waals surface area (Å²) >= 11 is 0. The fraction of sp³-hybridized carbons (Fsp3) is 0.700. The summed E-state index contributed by atoms with van der Waals surface area (Å²) in [4.78, 5) is 7.03. The lowest BCUT2D eigenvalue weighted by molar-refractivity contribution is 0.214. The third-order valence-electron chi connectivity index (χ3n) is 3.11. The van der Waals surface area contributed by atoms with Crippen molar-refractivity contribution in [3.05, 3.63) is 12.2 Å². The van der Waals surface area contributed by atoms with Gasteiger partial charge >= 0.3 is 0 Å². The summed E-state index contributed by atoms with van der Waals surface area (Å²) in [5.41, 5.74) is 0.222. The molecular formula is C10H16N2. The van der Waals surface area contributed by atoms with Gasteiger partial charge in [-0.05, 0) is 33.3 Å². The minimum atomic E-state index is 0.222. The zero-order chi connectivity index (χ0) is 8.77. The molecule has 0 N–H and O–H groups in total. The molecule has 2 heteroatoms. The van der Waals surface area contributed by atoms with Crippen molar-refractivity contribution in [3.63, 3.8) is 0 Å². The van der Waals surface area contributed by atoms with Crippen LogP contribution in [0.5, 0.6) is 0 Å². The van der Waals surface area contributed by atoms with Crippen LogP contribution in [-0.2, 0) is 0 Å². The third kappa shape index (κ3) is 0.904. The van der Waals surface area contributed by atoms with Crippen molar-refractivity contribution in [2.45, 2.75) is 38.8 Å². The summed E-state index contributed by atoms with van der Waals surface area (Å²) in [6.45, 7) is 7.87. The van der Waals surface area contributed by atoms with Gasteiger partial charge in [0.25, 0.3) is 0 Å². The minimum Gasteiger partial charge on any atom is -0.349 e. The first-order chi connectivity index (χ1) is 5.62. The van der Waals surface area contributed by atoms with Crippen LogP contribution in [0, 0.1) is 0 Å². The summed E-state index contributed by atoms with van der Waals surface area (Å²) in [6, 6.07) is 0.426. The molecule has 1 unspecified atom stereocenters. The molecule has 0 aromatic carbocycles. The van der Waals surface area contributed by atoms with Gasteiger partial charge in [-0.15, -0.1) is 0 Å². The van der Waals surface area contributed by atoms with Crippen LogP contribution >= 0.6 is 0 Å². The molecule has 0 saturated heterocycles. The van der Waals surface area contributed by atoms with Gasteiger partial charge in [0.05, 0.1) is 11.6 Å². The number of hydrogen-bond acceptors (Lipinski definition) is 2. The molecule has 2 rings (SSSR count). The lowest BCUT2D eigenvalue weighted by Crippen LogP contribution is -2.48. The zero-order valence-electron chi connectivity index (χ0n) is 8.04. The van der Waals surface area contributed by atoms with Crippen LogP contribution in [-0.4, -0.2) is 28.9 Å². The van der Waals surface area contributed by atoms with Gasteiger partial charge in [-0.25, -0.2) is 0 Å². The van der Waals surface area contributed by atoms with Gasteiger partial charge in [0.1, 0.15) is 5.84 Å². The second-order valence-electron chi connectivity index (χ2n) is 4.16. The lowest BCUT2D eigenvalue weighted by Gasteiger charge is -2.37. The van der Waals surface area contributed by atoms with Crippen molar-refractivity contribution >= 4 is 5.84 Å². The molecule has 0 saturated carbocycles. The SMILES string of the molecule is CC1N=C2C=CCCN2C1(C)C. The average Bonchev–Trinajstić information content (AvgIpc) is 2.25. The Hall–Kier alpha value is -0.790. The van der Waals surface area contributed by atoms with E-state index in [1.807, 2.05) is 0 Å². The molecule has 0 spiro atoms. The van der Waals surface area contributed by atoms with Crippen LogP contribution in [0.15, 0.2) is 17.1 Å². The van der Waals surface area contributed by atoms with Gasteiger partial charge in [-0.1, -0.05) is 6.08 Å². The average molecular weight is 164 g/mol. The molecule has 0 aromatic rings. The monoisotopic (exact) mass is 164 g/mol. The molecule has 1 atom stereocenters. The number of amidine groups is 1. The minimum absolute atomic E-state index is 0.222. The van der Waals surface area contributed by atoms with E-state index >= 15 is 0 Å². The van der Waals surface area contributed by atoms with E-state index in [1.54, 1.807) is 0 Å². The number of nitrogens with zero attached hydrogens (tertiary/aromatic N) is 2. The quantitative estimate of drug-likeness (QED) is 0.533. The Balaban J connectivity index is 2.34. The maximum Gasteiger partial charge on any atom is 0.124 e. The Kier molecular flexibility index (Phi) is 1.53. The zero-order valence-corrected chi connectivity index (χ0v) is 8.04. The molecular weight excluding hydrogens is 148 g/mol. The highest BCUT2D eigenvalue weighted by atomic mass is 15.3. The fourth-order valence-corrected chi connectivity index (χ4v) is 1.87. The normalized spacial score (nSPS) is 31.8. The standard InChI is InChI=1S/C10H16N2/c1-8-10(2,3)12-7-5-4-6-9(12)11-8/h4,6,8H,5,7H2,1-3H3. The molecule has 0 aromatic heterocycles. The highest BCUT2D eigenvalue weighted by molar-refractivity contribution is 5.95. The largest absolute Gasteiger partial charge is 0.349 e. The van der Waals surface area contributed by atoms with Crippen LogP contribution in [0.2, 0.25) is 0 Å². The van der Waals surface area contributed by atoms with E-state index in [4.69, 9.17) is 0 Å². The van der Waals surface area contributed by atoms with Crippen LogP contribution in [0.25, 0.3) is 0 Å². The predicted octanol–water partition coefficient (Wildman–Crippen LogP) is 1.83. The van der Waals surface area contributed by atoms with Gasteiger partial charge in [0, 0.05) is 6.54 Å². The highest BCUT2D eigenvalue weighted by Gasteiger charge is 2.39. The van der Waals surface area contributed by atoms with E-state index in [0.717, 1.165) is 13.0 Å². The molecule has 12 heavy (non-hydrogen) atoms. The Labute approximate surface area is 74.0 Å². The van der Waals surface area contributed by atoms with Gasteiger partial charge in [0.2, 0.25) is 0 Å². The van der Waals surface area contributed by atoms with Crippen LogP contribution in [0.1, 0.15) is 27.2 Å². The topological polar surface area (TPSA) is 15.6 Å². The fourth-order valence-electron chi connectivity index (χ4n) is 1.87.